The predicted octanol–water partition coefficient (Wildman–Crippen LogP) is 2.61. The van der Waals surface area contributed by atoms with Crippen molar-refractivity contribution < 1.29 is 0 Å². The highest BCUT2D eigenvalue weighted by molar-refractivity contribution is 6.30. The summed E-state index contributed by atoms with van der Waals surface area (Å²) in [5.74, 6) is -0.0674. The number of hydrogen-bond acceptors (Lipinski definition) is 2. The van der Waals surface area contributed by atoms with Crippen LogP contribution in [0.15, 0.2) is 58.7 Å². The van der Waals surface area contributed by atoms with Gasteiger partial charge in [-0.2, -0.15) is 5.10 Å². The lowest BCUT2D eigenvalue weighted by molar-refractivity contribution is 1.21. The Labute approximate surface area is 116 Å². The predicted molar refractivity (Wildman–Crippen MR) is 80.3 cm³/mol. The van der Waals surface area contributed by atoms with Gasteiger partial charge in [-0.15, -0.1) is 5.10 Å². The van der Waals surface area contributed by atoms with Crippen molar-refractivity contribution in [2.24, 2.45) is 21.7 Å². The molecule has 0 spiro atoms. The van der Waals surface area contributed by atoms with Crippen LogP contribution in [-0.2, 0) is 0 Å². The lowest BCUT2D eigenvalue weighted by Gasteiger charge is -2.03. The first kappa shape index (κ1) is 13.1. The topological polar surface area (TPSA) is 76.8 Å². The third-order valence-corrected chi connectivity index (χ3v) is 2.66. The van der Waals surface area contributed by atoms with Gasteiger partial charge in [-0.25, -0.2) is 0 Å². The summed E-state index contributed by atoms with van der Waals surface area (Å²) < 4.78 is 0. The zero-order valence-corrected chi connectivity index (χ0v) is 10.9. The molecule has 0 unspecified atom stereocenters. The largest absolute Gasteiger partial charge is 0.369 e. The first-order valence-corrected chi connectivity index (χ1v) is 6.01. The van der Waals surface area contributed by atoms with Gasteiger partial charge in [0.1, 0.15) is 0 Å². The average Bonchev–Trinajstić information content (AvgIpc) is 2.39. The minimum Gasteiger partial charge on any atom is -0.369 e. The maximum Gasteiger partial charge on any atom is 0.211 e. The van der Waals surface area contributed by atoms with Crippen LogP contribution in [0.3, 0.4) is 0 Å². The minimum atomic E-state index is -0.0674. The van der Waals surface area contributed by atoms with Crippen LogP contribution < -0.4 is 11.5 Å². The van der Waals surface area contributed by atoms with E-state index in [4.69, 9.17) is 23.1 Å². The summed E-state index contributed by atoms with van der Waals surface area (Å²) in [5, 5.41) is 8.04. The number of nitrogens with zero attached hydrogens (tertiary/aromatic N) is 2. The van der Waals surface area contributed by atoms with Crippen molar-refractivity contribution in [3.8, 4) is 11.1 Å². The van der Waals surface area contributed by atoms with E-state index in [1.807, 2.05) is 48.5 Å². The lowest BCUT2D eigenvalue weighted by Crippen LogP contribution is -2.21. The molecule has 0 saturated heterocycles. The molecule has 0 aliphatic carbocycles. The summed E-state index contributed by atoms with van der Waals surface area (Å²) in [5.41, 5.74) is 13.4. The summed E-state index contributed by atoms with van der Waals surface area (Å²) in [4.78, 5) is 0. The van der Waals surface area contributed by atoms with E-state index in [1.165, 1.54) is 0 Å². The Morgan fingerprint density at radius 2 is 1.68 bits per heavy atom. The third-order valence-electron chi connectivity index (χ3n) is 2.42. The summed E-state index contributed by atoms with van der Waals surface area (Å²) in [6.45, 7) is 0. The molecule has 4 N–H and O–H groups in total. The van der Waals surface area contributed by atoms with E-state index in [9.17, 15) is 0 Å². The number of guanidine groups is 1. The quantitative estimate of drug-likeness (QED) is 0.512. The Bertz CT molecular complexity index is 631. The Hall–Kier alpha value is -2.33. The summed E-state index contributed by atoms with van der Waals surface area (Å²) in [7, 11) is 0. The Kier molecular flexibility index (Phi) is 4.15. The highest BCUT2D eigenvalue weighted by Crippen LogP contribution is 2.23. The standard InChI is InChI=1S/C14H13ClN4/c15-13-6-2-5-12(8-13)11-4-1-3-10(7-11)9-18-19-14(16)17/h1-9H,(H4,16,17,19). The molecule has 2 rings (SSSR count). The van der Waals surface area contributed by atoms with E-state index in [0.717, 1.165) is 16.7 Å². The van der Waals surface area contributed by atoms with Gasteiger partial charge in [-0.05, 0) is 34.9 Å². The Morgan fingerprint density at radius 1 is 1.00 bits per heavy atom. The number of halogens is 1. The fraction of sp³-hybridized carbons (Fsp3) is 0. The second-order valence-corrected chi connectivity index (χ2v) is 4.34. The molecule has 0 aromatic heterocycles. The molecule has 0 saturated carbocycles. The second-order valence-electron chi connectivity index (χ2n) is 3.91. The molecule has 2 aromatic rings. The average molecular weight is 273 g/mol. The van der Waals surface area contributed by atoms with Crippen LogP contribution in [-0.4, -0.2) is 12.2 Å². The molecular formula is C14H13ClN4. The molecule has 0 radical (unpaired) electrons. The zero-order valence-electron chi connectivity index (χ0n) is 10.1. The Balaban J connectivity index is 2.29. The van der Waals surface area contributed by atoms with E-state index in [0.29, 0.717) is 5.02 Å². The zero-order chi connectivity index (χ0) is 13.7. The molecule has 5 heteroatoms. The monoisotopic (exact) mass is 272 g/mol. The first-order chi connectivity index (χ1) is 9.15. The van der Waals surface area contributed by atoms with Crippen LogP contribution in [0.5, 0.6) is 0 Å². The molecule has 0 aliphatic rings. The van der Waals surface area contributed by atoms with Crippen LogP contribution in [0.4, 0.5) is 0 Å². The fourth-order valence-electron chi connectivity index (χ4n) is 1.63. The molecule has 0 aliphatic heterocycles. The summed E-state index contributed by atoms with van der Waals surface area (Å²) >= 11 is 5.98. The minimum absolute atomic E-state index is 0.0674. The maximum absolute atomic E-state index is 5.98. The lowest BCUT2D eigenvalue weighted by atomic mass is 10.0. The van der Waals surface area contributed by atoms with Crippen molar-refractivity contribution in [1.82, 2.24) is 0 Å². The van der Waals surface area contributed by atoms with E-state index >= 15 is 0 Å². The van der Waals surface area contributed by atoms with E-state index in [1.54, 1.807) is 6.21 Å². The highest BCUT2D eigenvalue weighted by atomic mass is 35.5. The number of benzene rings is 2. The molecule has 0 bridgehead atoms. The van der Waals surface area contributed by atoms with Crippen LogP contribution in [0, 0.1) is 0 Å². The van der Waals surface area contributed by atoms with E-state index < -0.39 is 0 Å². The van der Waals surface area contributed by atoms with Crippen molar-refractivity contribution in [3.05, 3.63) is 59.1 Å². The van der Waals surface area contributed by atoms with Crippen LogP contribution in [0.25, 0.3) is 11.1 Å². The molecule has 2 aromatic carbocycles. The van der Waals surface area contributed by atoms with Gasteiger partial charge in [-0.3, -0.25) is 0 Å². The van der Waals surface area contributed by atoms with Crippen molar-refractivity contribution in [1.29, 1.82) is 0 Å². The molecule has 19 heavy (non-hydrogen) atoms. The van der Waals surface area contributed by atoms with Crippen molar-refractivity contribution in [2.75, 3.05) is 0 Å². The maximum atomic E-state index is 5.98. The van der Waals surface area contributed by atoms with Crippen molar-refractivity contribution >= 4 is 23.8 Å². The van der Waals surface area contributed by atoms with Crippen molar-refractivity contribution in [3.63, 3.8) is 0 Å². The van der Waals surface area contributed by atoms with Crippen LogP contribution in [0.1, 0.15) is 5.56 Å². The van der Waals surface area contributed by atoms with Gasteiger partial charge in [0, 0.05) is 5.02 Å². The van der Waals surface area contributed by atoms with Gasteiger partial charge in [-0.1, -0.05) is 41.9 Å². The molecule has 0 atom stereocenters. The SMILES string of the molecule is NC(N)=NN=Cc1cccc(-c2cccc(Cl)c2)c1. The van der Waals surface area contributed by atoms with Gasteiger partial charge in [0.25, 0.3) is 0 Å². The molecule has 0 amide bonds. The Morgan fingerprint density at radius 3 is 2.37 bits per heavy atom. The normalized spacial score (nSPS) is 10.6. The van der Waals surface area contributed by atoms with E-state index in [2.05, 4.69) is 10.2 Å². The third kappa shape index (κ3) is 3.82. The van der Waals surface area contributed by atoms with Gasteiger partial charge in [0.15, 0.2) is 0 Å². The molecule has 0 heterocycles. The molecule has 96 valence electrons. The summed E-state index contributed by atoms with van der Waals surface area (Å²) in [6.07, 6.45) is 1.59. The first-order valence-electron chi connectivity index (χ1n) is 5.63. The number of nitrogens with two attached hydrogens (primary N) is 2. The number of hydrogen-bond donors (Lipinski definition) is 2. The molecular weight excluding hydrogens is 260 g/mol. The van der Waals surface area contributed by atoms with Crippen LogP contribution in [0.2, 0.25) is 5.02 Å². The molecule has 0 fully saturated rings. The summed E-state index contributed by atoms with van der Waals surface area (Å²) in [6, 6.07) is 15.5. The van der Waals surface area contributed by atoms with E-state index in [-0.39, 0.29) is 5.96 Å². The van der Waals surface area contributed by atoms with Gasteiger partial charge < -0.3 is 11.5 Å². The number of rotatable bonds is 3. The second kappa shape index (κ2) is 6.02. The van der Waals surface area contributed by atoms with Gasteiger partial charge in [0.2, 0.25) is 5.96 Å². The fourth-order valence-corrected chi connectivity index (χ4v) is 1.82. The van der Waals surface area contributed by atoms with Crippen molar-refractivity contribution in [2.45, 2.75) is 0 Å². The van der Waals surface area contributed by atoms with Gasteiger partial charge in [0.05, 0.1) is 6.21 Å². The smallest absolute Gasteiger partial charge is 0.211 e. The highest BCUT2D eigenvalue weighted by Gasteiger charge is 1.99. The molecule has 4 nitrogen and oxygen atoms in total. The van der Waals surface area contributed by atoms with Crippen LogP contribution >= 0.6 is 11.6 Å². The van der Waals surface area contributed by atoms with Gasteiger partial charge >= 0.3 is 0 Å².